The third-order valence-electron chi connectivity index (χ3n) is 3.55. The van der Waals surface area contributed by atoms with Crippen LogP contribution in [-0.2, 0) is 19.6 Å². The molecular formula is C15H19N3O2. The van der Waals surface area contributed by atoms with Gasteiger partial charge in [0.1, 0.15) is 5.82 Å². The second kappa shape index (κ2) is 5.54. The van der Waals surface area contributed by atoms with Gasteiger partial charge in [-0.15, -0.1) is 0 Å². The van der Waals surface area contributed by atoms with Gasteiger partial charge in [-0.3, -0.25) is 4.90 Å². The number of phenolic OH excluding ortho intramolecular Hbond substituents is 1. The molecule has 0 unspecified atom stereocenters. The molecule has 106 valence electrons. The molecule has 0 fully saturated rings. The standard InChI is InChI=1S/C15H19N3O2/c1-2-20-14-9-12(3-4-13(14)19)10-17-7-8-18-6-5-16-15(18)11-17/h3-6,9,19H,2,7-8,10-11H2,1H3. The Morgan fingerprint density at radius 2 is 2.25 bits per heavy atom. The first kappa shape index (κ1) is 13.0. The van der Waals surface area contributed by atoms with E-state index in [0.29, 0.717) is 12.4 Å². The minimum absolute atomic E-state index is 0.199. The summed E-state index contributed by atoms with van der Waals surface area (Å²) in [6.45, 7) is 6.15. The summed E-state index contributed by atoms with van der Waals surface area (Å²) in [6, 6.07) is 5.56. The van der Waals surface area contributed by atoms with Crippen LogP contribution in [0.4, 0.5) is 0 Å². The fourth-order valence-electron chi connectivity index (χ4n) is 2.54. The van der Waals surface area contributed by atoms with E-state index in [1.807, 2.05) is 31.5 Å². The molecule has 0 atom stereocenters. The van der Waals surface area contributed by atoms with Crippen LogP contribution in [0.5, 0.6) is 11.5 Å². The summed E-state index contributed by atoms with van der Waals surface area (Å²) in [4.78, 5) is 6.72. The molecule has 20 heavy (non-hydrogen) atoms. The largest absolute Gasteiger partial charge is 0.504 e. The van der Waals surface area contributed by atoms with Crippen molar-refractivity contribution >= 4 is 0 Å². The number of ether oxygens (including phenoxy) is 1. The van der Waals surface area contributed by atoms with Crippen LogP contribution in [0.25, 0.3) is 0 Å². The van der Waals surface area contributed by atoms with Crippen LogP contribution in [0.1, 0.15) is 18.3 Å². The average molecular weight is 273 g/mol. The summed E-state index contributed by atoms with van der Waals surface area (Å²) >= 11 is 0. The highest BCUT2D eigenvalue weighted by Crippen LogP contribution is 2.27. The minimum Gasteiger partial charge on any atom is -0.504 e. The second-order valence-electron chi connectivity index (χ2n) is 4.98. The maximum atomic E-state index is 9.72. The van der Waals surface area contributed by atoms with Crippen LogP contribution in [0.3, 0.4) is 0 Å². The Hall–Kier alpha value is -2.01. The summed E-state index contributed by atoms with van der Waals surface area (Å²) in [6.07, 6.45) is 3.88. The smallest absolute Gasteiger partial charge is 0.161 e. The highest BCUT2D eigenvalue weighted by atomic mass is 16.5. The van der Waals surface area contributed by atoms with Gasteiger partial charge in [0.2, 0.25) is 0 Å². The summed E-state index contributed by atoms with van der Waals surface area (Å²) < 4.78 is 7.62. The van der Waals surface area contributed by atoms with E-state index in [2.05, 4.69) is 14.5 Å². The van der Waals surface area contributed by atoms with E-state index in [1.54, 1.807) is 6.07 Å². The lowest BCUT2D eigenvalue weighted by Crippen LogP contribution is -2.33. The third-order valence-corrected chi connectivity index (χ3v) is 3.55. The summed E-state index contributed by atoms with van der Waals surface area (Å²) in [5.74, 6) is 1.87. The van der Waals surface area contributed by atoms with Crippen molar-refractivity contribution in [3.8, 4) is 11.5 Å². The van der Waals surface area contributed by atoms with Gasteiger partial charge in [0.05, 0.1) is 13.2 Å². The molecule has 0 saturated heterocycles. The Morgan fingerprint density at radius 3 is 3.10 bits per heavy atom. The second-order valence-corrected chi connectivity index (χ2v) is 4.98. The number of aromatic hydroxyl groups is 1. The Bertz CT molecular complexity index is 595. The molecule has 1 aliphatic heterocycles. The van der Waals surface area contributed by atoms with Crippen molar-refractivity contribution in [1.82, 2.24) is 14.5 Å². The van der Waals surface area contributed by atoms with Crippen LogP contribution >= 0.6 is 0 Å². The van der Waals surface area contributed by atoms with Crippen molar-refractivity contribution in [2.75, 3.05) is 13.2 Å². The zero-order valence-electron chi connectivity index (χ0n) is 11.6. The van der Waals surface area contributed by atoms with Gasteiger partial charge < -0.3 is 14.4 Å². The quantitative estimate of drug-likeness (QED) is 0.925. The SMILES string of the molecule is CCOc1cc(CN2CCn3ccnc3C2)ccc1O. The lowest BCUT2D eigenvalue weighted by Gasteiger charge is -2.27. The van der Waals surface area contributed by atoms with Crippen molar-refractivity contribution < 1.29 is 9.84 Å². The molecule has 0 radical (unpaired) electrons. The number of hydrogen-bond donors (Lipinski definition) is 1. The molecule has 3 rings (SSSR count). The third kappa shape index (κ3) is 2.63. The summed E-state index contributed by atoms with van der Waals surface area (Å²) in [7, 11) is 0. The summed E-state index contributed by atoms with van der Waals surface area (Å²) in [5.41, 5.74) is 1.14. The van der Waals surface area contributed by atoms with Gasteiger partial charge in [0.25, 0.3) is 0 Å². The predicted molar refractivity (Wildman–Crippen MR) is 75.6 cm³/mol. The predicted octanol–water partition coefficient (Wildman–Crippen LogP) is 2.00. The van der Waals surface area contributed by atoms with E-state index >= 15 is 0 Å². The summed E-state index contributed by atoms with van der Waals surface area (Å²) in [5, 5.41) is 9.72. The topological polar surface area (TPSA) is 50.5 Å². The molecule has 5 heteroatoms. The minimum atomic E-state index is 0.199. The monoisotopic (exact) mass is 273 g/mol. The Kier molecular flexibility index (Phi) is 3.60. The zero-order chi connectivity index (χ0) is 13.9. The van der Waals surface area contributed by atoms with Gasteiger partial charge in [0, 0.05) is 32.0 Å². The van der Waals surface area contributed by atoms with E-state index in [4.69, 9.17) is 4.74 Å². The highest BCUT2D eigenvalue weighted by Gasteiger charge is 2.17. The first-order valence-electron chi connectivity index (χ1n) is 6.93. The highest BCUT2D eigenvalue weighted by molar-refractivity contribution is 5.41. The molecule has 0 saturated carbocycles. The van der Waals surface area contributed by atoms with Crippen LogP contribution in [0.15, 0.2) is 30.6 Å². The lowest BCUT2D eigenvalue weighted by molar-refractivity contribution is 0.208. The average Bonchev–Trinajstić information content (AvgIpc) is 2.90. The first-order chi connectivity index (χ1) is 9.76. The molecule has 1 aliphatic rings. The number of benzene rings is 1. The molecule has 1 aromatic heterocycles. The van der Waals surface area contributed by atoms with Crippen molar-refractivity contribution in [3.63, 3.8) is 0 Å². The molecular weight excluding hydrogens is 254 g/mol. The van der Waals surface area contributed by atoms with E-state index in [0.717, 1.165) is 37.6 Å². The molecule has 0 amide bonds. The van der Waals surface area contributed by atoms with Gasteiger partial charge in [-0.2, -0.15) is 0 Å². The first-order valence-corrected chi connectivity index (χ1v) is 6.93. The number of aromatic nitrogens is 2. The number of hydrogen-bond acceptors (Lipinski definition) is 4. The van der Waals surface area contributed by atoms with Crippen LogP contribution in [0, 0.1) is 0 Å². The fraction of sp³-hybridized carbons (Fsp3) is 0.400. The van der Waals surface area contributed by atoms with E-state index in [-0.39, 0.29) is 5.75 Å². The van der Waals surface area contributed by atoms with Gasteiger partial charge in [-0.1, -0.05) is 6.07 Å². The Morgan fingerprint density at radius 1 is 1.35 bits per heavy atom. The van der Waals surface area contributed by atoms with E-state index in [9.17, 15) is 5.11 Å². The van der Waals surface area contributed by atoms with Crippen LogP contribution < -0.4 is 4.74 Å². The number of rotatable bonds is 4. The van der Waals surface area contributed by atoms with E-state index < -0.39 is 0 Å². The van der Waals surface area contributed by atoms with Crippen molar-refractivity contribution in [3.05, 3.63) is 42.0 Å². The fourth-order valence-corrected chi connectivity index (χ4v) is 2.54. The number of fused-ring (bicyclic) bond motifs is 1. The molecule has 5 nitrogen and oxygen atoms in total. The van der Waals surface area contributed by atoms with Gasteiger partial charge in [0.15, 0.2) is 11.5 Å². The van der Waals surface area contributed by atoms with Gasteiger partial charge in [-0.25, -0.2) is 4.98 Å². The lowest BCUT2D eigenvalue weighted by atomic mass is 10.1. The molecule has 2 aromatic rings. The van der Waals surface area contributed by atoms with Gasteiger partial charge in [-0.05, 0) is 24.6 Å². The molecule has 2 heterocycles. The van der Waals surface area contributed by atoms with Gasteiger partial charge >= 0.3 is 0 Å². The van der Waals surface area contributed by atoms with Crippen LogP contribution in [-0.4, -0.2) is 32.7 Å². The Balaban J connectivity index is 1.71. The number of nitrogens with zero attached hydrogens (tertiary/aromatic N) is 3. The normalized spacial score (nSPS) is 15.1. The maximum absolute atomic E-state index is 9.72. The maximum Gasteiger partial charge on any atom is 0.161 e. The molecule has 1 aromatic carbocycles. The molecule has 0 spiro atoms. The van der Waals surface area contributed by atoms with Crippen LogP contribution in [0.2, 0.25) is 0 Å². The van der Waals surface area contributed by atoms with E-state index in [1.165, 1.54) is 0 Å². The Labute approximate surface area is 118 Å². The van der Waals surface area contributed by atoms with Crippen molar-refractivity contribution in [1.29, 1.82) is 0 Å². The van der Waals surface area contributed by atoms with Crippen molar-refractivity contribution in [2.45, 2.75) is 26.6 Å². The molecule has 1 N–H and O–H groups in total. The zero-order valence-corrected chi connectivity index (χ0v) is 11.6. The molecule has 0 aliphatic carbocycles. The van der Waals surface area contributed by atoms with Crippen molar-refractivity contribution in [2.24, 2.45) is 0 Å². The number of phenols is 1. The number of imidazole rings is 1. The molecule has 0 bridgehead atoms.